The highest BCUT2D eigenvalue weighted by molar-refractivity contribution is 6.08. The number of hydrogen-bond donors (Lipinski definition) is 0. The van der Waals surface area contributed by atoms with Crippen molar-refractivity contribution in [1.82, 2.24) is 0 Å². The Morgan fingerprint density at radius 3 is 0.828 bits per heavy atom. The zero-order valence-electron chi connectivity index (χ0n) is 21.8. The maximum absolute atomic E-state index is 6.73. The molecule has 0 rings (SSSR count). The molecular weight excluding hydrogens is 347 g/mol. The van der Waals surface area contributed by atoms with Crippen molar-refractivity contribution >= 4 is 7.85 Å². The van der Waals surface area contributed by atoms with Crippen LogP contribution in [-0.4, -0.2) is 7.85 Å². The zero-order chi connectivity index (χ0) is 22.2. The molecule has 172 valence electrons. The predicted molar refractivity (Wildman–Crippen MR) is 136 cm³/mol. The Balaban J connectivity index is 6.30. The first-order chi connectivity index (χ1) is 14.0. The van der Waals surface area contributed by atoms with E-state index in [4.69, 9.17) is 7.85 Å². The second kappa shape index (κ2) is 17.7. The fourth-order valence-corrected chi connectivity index (χ4v) is 6.90. The molecule has 0 saturated heterocycles. The summed E-state index contributed by atoms with van der Waals surface area (Å²) in [5.41, 5.74) is 0. The zero-order valence-corrected chi connectivity index (χ0v) is 21.8. The maximum Gasteiger partial charge on any atom is 0.0657 e. The minimum atomic E-state index is 0.705. The third-order valence-electron chi connectivity index (χ3n) is 8.17. The quantitative estimate of drug-likeness (QED) is 0.188. The van der Waals surface area contributed by atoms with Crippen LogP contribution in [0.25, 0.3) is 0 Å². The van der Waals surface area contributed by atoms with E-state index in [2.05, 4.69) is 55.4 Å². The van der Waals surface area contributed by atoms with Crippen LogP contribution in [-0.2, 0) is 0 Å². The van der Waals surface area contributed by atoms with Crippen molar-refractivity contribution < 1.29 is 0 Å². The fourth-order valence-electron chi connectivity index (χ4n) is 6.90. The van der Waals surface area contributed by atoms with E-state index in [-0.39, 0.29) is 0 Å². The highest BCUT2D eigenvalue weighted by Crippen LogP contribution is 2.49. The lowest BCUT2D eigenvalue weighted by Gasteiger charge is -2.47. The molecule has 0 aromatic heterocycles. The molecule has 0 amide bonds. The molecule has 4 unspecified atom stereocenters. The van der Waals surface area contributed by atoms with E-state index in [1.54, 1.807) is 0 Å². The molecule has 0 aromatic rings. The van der Waals surface area contributed by atoms with Gasteiger partial charge in [-0.1, -0.05) is 139 Å². The summed E-state index contributed by atoms with van der Waals surface area (Å²) in [4.78, 5) is 0. The highest BCUT2D eigenvalue weighted by atomic mass is 14.5. The Bertz CT molecular complexity index is 292. The molecule has 0 bridgehead atoms. The Morgan fingerprint density at radius 2 is 0.690 bits per heavy atom. The lowest BCUT2D eigenvalue weighted by Crippen LogP contribution is -2.40. The molecule has 1 heteroatoms. The third kappa shape index (κ3) is 8.99. The van der Waals surface area contributed by atoms with Gasteiger partial charge in [-0.15, -0.1) is 0 Å². The molecule has 0 spiro atoms. The first-order valence-electron chi connectivity index (χ1n) is 13.7. The van der Waals surface area contributed by atoms with Gasteiger partial charge in [-0.2, -0.15) is 0 Å². The third-order valence-corrected chi connectivity index (χ3v) is 8.17. The van der Waals surface area contributed by atoms with Gasteiger partial charge in [-0.05, 0) is 41.4 Å². The van der Waals surface area contributed by atoms with Gasteiger partial charge in [-0.25, -0.2) is 0 Å². The van der Waals surface area contributed by atoms with Gasteiger partial charge in [0.15, 0.2) is 0 Å². The van der Waals surface area contributed by atoms with Gasteiger partial charge in [0.25, 0.3) is 0 Å². The monoisotopic (exact) mass is 404 g/mol. The second-order valence-electron chi connectivity index (χ2n) is 9.88. The Labute approximate surface area is 188 Å². The molecule has 0 fully saturated rings. The van der Waals surface area contributed by atoms with Crippen LogP contribution in [0.3, 0.4) is 0 Å². The van der Waals surface area contributed by atoms with Crippen LogP contribution in [0, 0.1) is 41.4 Å². The van der Waals surface area contributed by atoms with Crippen molar-refractivity contribution in [2.24, 2.45) is 41.4 Å². The SMILES string of the molecule is [B]CC(C(C(CC)CCC)C(CC)CCC)C(C(CC)CCC)C(CC)CCC. The van der Waals surface area contributed by atoms with E-state index in [1.807, 2.05) is 0 Å². The van der Waals surface area contributed by atoms with Gasteiger partial charge in [0.1, 0.15) is 0 Å². The predicted octanol–water partition coefficient (Wildman–Crippen LogP) is 9.73. The minimum Gasteiger partial charge on any atom is -0.0853 e. The molecule has 0 aromatic carbocycles. The Hall–Kier alpha value is 0.0649. The Kier molecular flexibility index (Phi) is 17.8. The van der Waals surface area contributed by atoms with Crippen molar-refractivity contribution in [1.29, 1.82) is 0 Å². The van der Waals surface area contributed by atoms with Gasteiger partial charge >= 0.3 is 0 Å². The average molecular weight is 405 g/mol. The van der Waals surface area contributed by atoms with Gasteiger partial charge in [0, 0.05) is 0 Å². The number of hydrogen-bond acceptors (Lipinski definition) is 0. The van der Waals surface area contributed by atoms with Gasteiger partial charge in [0.2, 0.25) is 0 Å². The second-order valence-corrected chi connectivity index (χ2v) is 9.88. The van der Waals surface area contributed by atoms with Gasteiger partial charge in [0.05, 0.1) is 7.85 Å². The normalized spacial score (nSPS) is 19.3. The minimum absolute atomic E-state index is 0.705. The van der Waals surface area contributed by atoms with Crippen molar-refractivity contribution in [2.75, 3.05) is 0 Å². The van der Waals surface area contributed by atoms with Gasteiger partial charge < -0.3 is 0 Å². The van der Waals surface area contributed by atoms with Crippen LogP contribution in [0.15, 0.2) is 0 Å². The molecule has 0 aliphatic carbocycles. The van der Waals surface area contributed by atoms with Crippen LogP contribution >= 0.6 is 0 Å². The van der Waals surface area contributed by atoms with Crippen LogP contribution in [0.5, 0.6) is 0 Å². The summed E-state index contributed by atoms with van der Waals surface area (Å²) in [7, 11) is 6.73. The lowest BCUT2D eigenvalue weighted by molar-refractivity contribution is 0.0289. The molecule has 2 radical (unpaired) electrons. The Morgan fingerprint density at radius 1 is 0.448 bits per heavy atom. The van der Waals surface area contributed by atoms with E-state index in [9.17, 15) is 0 Å². The maximum atomic E-state index is 6.73. The molecule has 4 atom stereocenters. The molecular formula is C28H57B. The first kappa shape index (κ1) is 29.1. The van der Waals surface area contributed by atoms with Crippen LogP contribution in [0.2, 0.25) is 6.32 Å². The van der Waals surface area contributed by atoms with Crippen molar-refractivity contribution in [2.45, 2.75) is 139 Å². The molecule has 0 heterocycles. The largest absolute Gasteiger partial charge is 0.0853 e. The topological polar surface area (TPSA) is 0 Å². The van der Waals surface area contributed by atoms with Crippen molar-refractivity contribution in [3.63, 3.8) is 0 Å². The van der Waals surface area contributed by atoms with Crippen molar-refractivity contribution in [3.8, 4) is 0 Å². The average Bonchev–Trinajstić information content (AvgIpc) is 2.74. The van der Waals surface area contributed by atoms with E-state index in [0.29, 0.717) is 5.92 Å². The van der Waals surface area contributed by atoms with Gasteiger partial charge in [-0.3, -0.25) is 0 Å². The fraction of sp³-hybridized carbons (Fsp3) is 1.00. The van der Waals surface area contributed by atoms with Crippen LogP contribution in [0.1, 0.15) is 132 Å². The summed E-state index contributed by atoms with van der Waals surface area (Å²) < 4.78 is 0. The smallest absolute Gasteiger partial charge is 0.0657 e. The van der Waals surface area contributed by atoms with Crippen LogP contribution < -0.4 is 0 Å². The molecule has 0 N–H and O–H groups in total. The summed E-state index contributed by atoms with van der Waals surface area (Å²) in [6.07, 6.45) is 17.0. The molecule has 29 heavy (non-hydrogen) atoms. The summed E-state index contributed by atoms with van der Waals surface area (Å²) in [5, 5.41) is 0. The number of rotatable bonds is 19. The highest BCUT2D eigenvalue weighted by Gasteiger charge is 2.41. The lowest BCUT2D eigenvalue weighted by atomic mass is 9.56. The molecule has 0 saturated carbocycles. The summed E-state index contributed by atoms with van der Waals surface area (Å²) in [6.45, 7) is 19.3. The molecule has 0 nitrogen and oxygen atoms in total. The molecule has 0 aliphatic heterocycles. The molecule has 0 aliphatic rings. The summed E-state index contributed by atoms with van der Waals surface area (Å²) in [6, 6.07) is 0. The standard InChI is InChI=1S/C28H57B/c1-9-17-22(13-5)27(23(14-6)18-10-2)26(21-29)28(24(15-7)19-11-3)25(16-8)20-12-4/h22-28H,9-21H2,1-8H3. The summed E-state index contributed by atoms with van der Waals surface area (Å²) >= 11 is 0. The van der Waals surface area contributed by atoms with E-state index >= 15 is 0 Å². The summed E-state index contributed by atoms with van der Waals surface area (Å²) in [5.74, 6) is 5.75. The van der Waals surface area contributed by atoms with E-state index in [0.717, 1.165) is 41.8 Å². The van der Waals surface area contributed by atoms with Crippen molar-refractivity contribution in [3.05, 3.63) is 0 Å². The van der Waals surface area contributed by atoms with Crippen LogP contribution in [0.4, 0.5) is 0 Å². The first-order valence-corrected chi connectivity index (χ1v) is 13.7. The van der Waals surface area contributed by atoms with E-state index in [1.165, 1.54) is 77.0 Å². The van der Waals surface area contributed by atoms with E-state index < -0.39 is 0 Å².